The van der Waals surface area contributed by atoms with Crippen molar-refractivity contribution < 1.29 is 27.3 Å². The van der Waals surface area contributed by atoms with Crippen LogP contribution < -0.4 is 11.0 Å². The summed E-state index contributed by atoms with van der Waals surface area (Å²) in [5, 5.41) is -1.79. The van der Waals surface area contributed by atoms with E-state index in [-0.39, 0.29) is 0 Å². The molecule has 4 unspecified atom stereocenters. The fourth-order valence-electron chi connectivity index (χ4n) is 2.24. The van der Waals surface area contributed by atoms with Gasteiger partial charge in [-0.15, -0.1) is 0 Å². The standard InChI is InChI=1S/C15H36N2O6P2S2/c1-14(2,24(16,18)19)8-5-10-26(22)12-7-13-27(23)11-6-9-15(3,4)25(17,20)21/h5-13H2,1-4H3,(H3,16,18,19)(H3,17,20,21). The lowest BCUT2D eigenvalue weighted by Gasteiger charge is -2.26. The Labute approximate surface area is 168 Å². The summed E-state index contributed by atoms with van der Waals surface area (Å²) >= 11 is 0. The van der Waals surface area contributed by atoms with Gasteiger partial charge in [-0.3, -0.25) is 28.6 Å². The Hall–Kier alpha value is 0.600. The summed E-state index contributed by atoms with van der Waals surface area (Å²) in [7, 11) is -9.48. The van der Waals surface area contributed by atoms with E-state index in [9.17, 15) is 27.3 Å². The molecule has 0 radical (unpaired) electrons. The molecule has 0 saturated heterocycles. The molecule has 4 atom stereocenters. The van der Waals surface area contributed by atoms with Crippen LogP contribution in [0.15, 0.2) is 0 Å². The number of hydrogen-bond acceptors (Lipinski definition) is 4. The Morgan fingerprint density at radius 1 is 0.704 bits per heavy atom. The molecule has 12 heteroatoms. The van der Waals surface area contributed by atoms with E-state index in [1.54, 1.807) is 27.7 Å². The highest BCUT2D eigenvalue weighted by atomic mass is 32.2. The predicted molar refractivity (Wildman–Crippen MR) is 115 cm³/mol. The minimum atomic E-state index is -3.68. The first-order chi connectivity index (χ1) is 12.0. The largest absolute Gasteiger partial charge is 0.333 e. The molecule has 0 bridgehead atoms. The van der Waals surface area contributed by atoms with Gasteiger partial charge in [0.05, 0.1) is 10.3 Å². The SMILES string of the molecule is CC(C)(CCCS(=O)CCCS(=O)CCCC(C)(C)P(N)(=O)O)P(N)(=O)O. The second-order valence-corrected chi connectivity index (χ2v) is 16.4. The molecule has 0 rings (SSSR count). The van der Waals surface area contributed by atoms with Crippen LogP contribution in [-0.4, -0.2) is 51.5 Å². The van der Waals surface area contributed by atoms with Crippen molar-refractivity contribution in [3.05, 3.63) is 0 Å². The first-order valence-corrected chi connectivity index (χ1v) is 15.4. The molecule has 0 heterocycles. The fourth-order valence-corrected chi connectivity index (χ4v) is 5.65. The molecular formula is C15H36N2O6P2S2. The maximum Gasteiger partial charge on any atom is 0.270 e. The Bertz CT molecular complexity index is 563. The summed E-state index contributed by atoms with van der Waals surface area (Å²) in [6, 6.07) is 0. The Morgan fingerprint density at radius 3 is 1.22 bits per heavy atom. The van der Waals surface area contributed by atoms with Gasteiger partial charge in [-0.1, -0.05) is 0 Å². The van der Waals surface area contributed by atoms with E-state index in [0.717, 1.165) is 0 Å². The summed E-state index contributed by atoms with van der Waals surface area (Å²) in [5.41, 5.74) is 10.6. The van der Waals surface area contributed by atoms with Crippen LogP contribution in [0.5, 0.6) is 0 Å². The van der Waals surface area contributed by atoms with Gasteiger partial charge in [0.15, 0.2) is 0 Å². The first kappa shape index (κ1) is 27.6. The number of rotatable bonds is 14. The van der Waals surface area contributed by atoms with Crippen LogP contribution in [0.25, 0.3) is 0 Å². The van der Waals surface area contributed by atoms with Gasteiger partial charge in [0.2, 0.25) is 0 Å². The van der Waals surface area contributed by atoms with E-state index in [1.165, 1.54) is 0 Å². The zero-order valence-corrected chi connectivity index (χ0v) is 20.2. The fraction of sp³-hybridized carbons (Fsp3) is 1.00. The lowest BCUT2D eigenvalue weighted by Crippen LogP contribution is -2.25. The molecule has 0 aliphatic heterocycles. The Kier molecular flexibility index (Phi) is 11.4. The highest BCUT2D eigenvalue weighted by Gasteiger charge is 2.35. The minimum Gasteiger partial charge on any atom is -0.333 e. The number of nitrogens with two attached hydrogens (primary N) is 2. The van der Waals surface area contributed by atoms with E-state index in [1.807, 2.05) is 0 Å². The van der Waals surface area contributed by atoms with Crippen molar-refractivity contribution in [1.29, 1.82) is 0 Å². The van der Waals surface area contributed by atoms with Crippen LogP contribution in [0.3, 0.4) is 0 Å². The van der Waals surface area contributed by atoms with Crippen LogP contribution in [0.2, 0.25) is 0 Å². The third-order valence-electron chi connectivity index (χ3n) is 4.80. The first-order valence-electron chi connectivity index (χ1n) is 8.92. The van der Waals surface area contributed by atoms with Crippen molar-refractivity contribution >= 4 is 36.6 Å². The van der Waals surface area contributed by atoms with Crippen LogP contribution in [0.4, 0.5) is 0 Å². The molecule has 6 N–H and O–H groups in total. The Morgan fingerprint density at radius 2 is 0.963 bits per heavy atom. The molecule has 0 aromatic rings. The predicted octanol–water partition coefficient (Wildman–Crippen LogP) is 2.28. The quantitative estimate of drug-likeness (QED) is 0.284. The maximum atomic E-state index is 12.0. The summed E-state index contributed by atoms with van der Waals surface area (Å²) < 4.78 is 47.1. The lowest BCUT2D eigenvalue weighted by molar-refractivity contribution is 0.426. The van der Waals surface area contributed by atoms with Crippen molar-refractivity contribution in [2.45, 2.75) is 70.1 Å². The molecule has 0 aliphatic carbocycles. The van der Waals surface area contributed by atoms with E-state index in [2.05, 4.69) is 0 Å². The smallest absolute Gasteiger partial charge is 0.270 e. The molecule has 0 aromatic heterocycles. The normalized spacial score (nSPS) is 19.9. The van der Waals surface area contributed by atoms with Gasteiger partial charge in [-0.25, -0.2) is 0 Å². The van der Waals surface area contributed by atoms with E-state index in [4.69, 9.17) is 11.0 Å². The third kappa shape index (κ3) is 10.8. The zero-order valence-electron chi connectivity index (χ0n) is 16.8. The summed E-state index contributed by atoms with van der Waals surface area (Å²) in [6.45, 7) is 6.51. The van der Waals surface area contributed by atoms with E-state index >= 15 is 0 Å². The highest BCUT2D eigenvalue weighted by Crippen LogP contribution is 2.49. The van der Waals surface area contributed by atoms with Gasteiger partial charge in [-0.05, 0) is 59.8 Å². The molecule has 0 saturated carbocycles. The molecule has 27 heavy (non-hydrogen) atoms. The van der Waals surface area contributed by atoms with Crippen molar-refractivity contribution in [2.24, 2.45) is 11.0 Å². The Balaban J connectivity index is 4.00. The summed E-state index contributed by atoms with van der Waals surface area (Å²) in [5.74, 6) is 1.72. The van der Waals surface area contributed by atoms with Crippen molar-refractivity contribution in [3.8, 4) is 0 Å². The molecule has 8 nitrogen and oxygen atoms in total. The molecule has 0 fully saturated rings. The van der Waals surface area contributed by atoms with Gasteiger partial charge in [0.1, 0.15) is 0 Å². The molecule has 0 spiro atoms. The summed E-state index contributed by atoms with van der Waals surface area (Å²) in [6.07, 6.45) is 2.48. The van der Waals surface area contributed by atoms with Gasteiger partial charge in [-0.2, -0.15) is 0 Å². The van der Waals surface area contributed by atoms with E-state index < -0.39 is 47.0 Å². The lowest BCUT2D eigenvalue weighted by atomic mass is 10.1. The molecule has 0 aromatic carbocycles. The van der Waals surface area contributed by atoms with Gasteiger partial charge < -0.3 is 9.79 Å². The average Bonchev–Trinajstić information content (AvgIpc) is 2.44. The minimum absolute atomic E-state index is 0.417. The van der Waals surface area contributed by atoms with Crippen molar-refractivity contribution in [2.75, 3.05) is 23.0 Å². The van der Waals surface area contributed by atoms with Gasteiger partial charge in [0.25, 0.3) is 15.0 Å². The van der Waals surface area contributed by atoms with Crippen molar-refractivity contribution in [1.82, 2.24) is 0 Å². The van der Waals surface area contributed by atoms with E-state index in [0.29, 0.717) is 55.1 Å². The monoisotopic (exact) mass is 466 g/mol. The van der Waals surface area contributed by atoms with Crippen LogP contribution in [0, 0.1) is 0 Å². The maximum absolute atomic E-state index is 12.0. The molecule has 164 valence electrons. The summed E-state index contributed by atoms with van der Waals surface area (Å²) in [4.78, 5) is 18.9. The van der Waals surface area contributed by atoms with Crippen LogP contribution in [-0.2, 0) is 30.7 Å². The molecule has 0 amide bonds. The van der Waals surface area contributed by atoms with Gasteiger partial charge >= 0.3 is 0 Å². The second kappa shape index (κ2) is 11.1. The molecule has 0 aliphatic rings. The third-order valence-corrected chi connectivity index (χ3v) is 11.7. The average molecular weight is 467 g/mol. The van der Waals surface area contributed by atoms with Gasteiger partial charge in [0, 0.05) is 44.6 Å². The highest BCUT2D eigenvalue weighted by molar-refractivity contribution is 7.85. The zero-order chi connectivity index (χ0) is 21.5. The number of hydrogen-bond donors (Lipinski definition) is 4. The molecular weight excluding hydrogens is 430 g/mol. The van der Waals surface area contributed by atoms with Crippen LogP contribution >= 0.6 is 15.0 Å². The second-order valence-electron chi connectivity index (χ2n) is 8.13. The van der Waals surface area contributed by atoms with Crippen LogP contribution in [0.1, 0.15) is 59.8 Å². The topological polar surface area (TPSA) is 161 Å². The van der Waals surface area contributed by atoms with Crippen molar-refractivity contribution in [3.63, 3.8) is 0 Å².